The van der Waals surface area contributed by atoms with Gasteiger partial charge in [0.1, 0.15) is 23.9 Å². The van der Waals surface area contributed by atoms with E-state index < -0.39 is 53.8 Å². The minimum atomic E-state index is -1.25. The van der Waals surface area contributed by atoms with Crippen LogP contribution >= 0.6 is 0 Å². The highest BCUT2D eigenvalue weighted by molar-refractivity contribution is 5.94. The number of carbonyl (C=O) groups is 5. The number of hydrogen-bond donors (Lipinski definition) is 7. The van der Waals surface area contributed by atoms with Gasteiger partial charge < -0.3 is 42.2 Å². The summed E-state index contributed by atoms with van der Waals surface area (Å²) in [5, 5.41) is 24.1. The van der Waals surface area contributed by atoms with E-state index in [1.165, 1.54) is 29.6 Å². The smallest absolute Gasteiger partial charge is 0.326 e. The summed E-state index contributed by atoms with van der Waals surface area (Å²) in [6.07, 6.45) is 3.40. The molecule has 2 aromatic rings. The van der Waals surface area contributed by atoms with E-state index in [9.17, 15) is 34.2 Å². The van der Waals surface area contributed by atoms with Gasteiger partial charge in [-0.2, -0.15) is 0 Å². The van der Waals surface area contributed by atoms with Gasteiger partial charge in [-0.3, -0.25) is 19.2 Å². The Kier molecular flexibility index (Phi) is 9.98. The number of carboxylic acid groups (broad SMARTS) is 1. The molecule has 0 spiro atoms. The van der Waals surface area contributed by atoms with Gasteiger partial charge in [-0.15, -0.1) is 0 Å². The monoisotopic (exact) mass is 543 g/mol. The first-order chi connectivity index (χ1) is 18.5. The number of aromatic hydroxyl groups is 1. The number of aromatic nitrogens is 2. The molecule has 0 radical (unpaired) electrons. The average molecular weight is 544 g/mol. The van der Waals surface area contributed by atoms with Gasteiger partial charge in [0.05, 0.1) is 12.4 Å². The molecule has 1 aliphatic heterocycles. The second-order valence-electron chi connectivity index (χ2n) is 9.41. The van der Waals surface area contributed by atoms with Crippen molar-refractivity contribution < 1.29 is 34.2 Å². The van der Waals surface area contributed by atoms with Crippen LogP contribution in [0.3, 0.4) is 0 Å². The van der Waals surface area contributed by atoms with Gasteiger partial charge in [-0.1, -0.05) is 12.1 Å². The van der Waals surface area contributed by atoms with Gasteiger partial charge in [0.15, 0.2) is 0 Å². The Bertz CT molecular complexity index is 1170. The number of rotatable bonds is 13. The van der Waals surface area contributed by atoms with Crippen molar-refractivity contribution in [2.45, 2.75) is 62.7 Å². The number of likely N-dealkylation sites (tertiary alicyclic amines) is 1. The van der Waals surface area contributed by atoms with Crippen molar-refractivity contribution in [2.75, 3.05) is 6.54 Å². The molecule has 3 rings (SSSR count). The lowest BCUT2D eigenvalue weighted by Gasteiger charge is -2.28. The third-order valence-electron chi connectivity index (χ3n) is 6.46. The summed E-state index contributed by atoms with van der Waals surface area (Å²) in [5.41, 5.74) is 12.5. The van der Waals surface area contributed by atoms with Crippen LogP contribution in [-0.2, 0) is 36.8 Å². The molecular weight excluding hydrogens is 510 g/mol. The fourth-order valence-corrected chi connectivity index (χ4v) is 4.39. The number of imidazole rings is 1. The minimum absolute atomic E-state index is 0.00966. The Labute approximate surface area is 224 Å². The molecule has 0 saturated carbocycles. The summed E-state index contributed by atoms with van der Waals surface area (Å²) in [4.78, 5) is 70.6. The summed E-state index contributed by atoms with van der Waals surface area (Å²) >= 11 is 0. The largest absolute Gasteiger partial charge is 0.508 e. The zero-order valence-corrected chi connectivity index (χ0v) is 21.2. The van der Waals surface area contributed by atoms with Crippen molar-refractivity contribution in [1.29, 1.82) is 0 Å². The molecule has 1 aromatic heterocycles. The van der Waals surface area contributed by atoms with Gasteiger partial charge in [0.2, 0.25) is 23.6 Å². The molecule has 0 bridgehead atoms. The predicted octanol–water partition coefficient (Wildman–Crippen LogP) is -1.46. The van der Waals surface area contributed by atoms with Crippen LogP contribution < -0.4 is 22.1 Å². The molecule has 14 nitrogen and oxygen atoms in total. The maximum atomic E-state index is 13.4. The van der Waals surface area contributed by atoms with E-state index in [0.717, 1.165) is 0 Å². The molecule has 210 valence electrons. The maximum Gasteiger partial charge on any atom is 0.326 e. The molecule has 1 aromatic carbocycles. The first kappa shape index (κ1) is 29.1. The van der Waals surface area contributed by atoms with E-state index in [0.29, 0.717) is 24.1 Å². The number of carbonyl (C=O) groups excluding carboxylic acids is 4. The standard InChI is InChI=1S/C25H33N7O7/c26-17(10-14-3-5-16(33)6-4-14)22(35)30-18(7-8-21(27)34)23(36)31-19(11-15-12-28-13-29-15)24(37)32-9-1-2-20(32)25(38)39/h3-6,12-13,17-20,33H,1-2,7-11,26H2,(H2,27,34)(H,28,29)(H,30,35)(H,31,36)(H,38,39). The minimum Gasteiger partial charge on any atom is -0.508 e. The number of nitrogens with zero attached hydrogens (tertiary/aromatic N) is 2. The number of benzene rings is 1. The molecule has 14 heteroatoms. The fraction of sp³-hybridized carbons (Fsp3) is 0.440. The number of hydrogen-bond acceptors (Lipinski definition) is 8. The molecule has 4 unspecified atom stereocenters. The summed E-state index contributed by atoms with van der Waals surface area (Å²) < 4.78 is 0. The van der Waals surface area contributed by atoms with Crippen molar-refractivity contribution in [3.63, 3.8) is 0 Å². The predicted molar refractivity (Wildman–Crippen MR) is 137 cm³/mol. The molecule has 1 saturated heterocycles. The number of H-pyrrole nitrogens is 1. The van der Waals surface area contributed by atoms with Crippen molar-refractivity contribution in [3.05, 3.63) is 48.0 Å². The highest BCUT2D eigenvalue weighted by atomic mass is 16.4. The first-order valence-corrected chi connectivity index (χ1v) is 12.5. The number of phenolic OH excluding ortho intramolecular Hbond substituents is 1. The van der Waals surface area contributed by atoms with Gasteiger partial charge in [0, 0.05) is 31.3 Å². The molecule has 1 fully saturated rings. The third kappa shape index (κ3) is 8.26. The highest BCUT2D eigenvalue weighted by Gasteiger charge is 2.38. The van der Waals surface area contributed by atoms with Crippen LogP contribution in [0.15, 0.2) is 36.8 Å². The highest BCUT2D eigenvalue weighted by Crippen LogP contribution is 2.19. The van der Waals surface area contributed by atoms with Gasteiger partial charge in [0.25, 0.3) is 0 Å². The van der Waals surface area contributed by atoms with Crippen LogP contribution in [0.1, 0.15) is 36.9 Å². The Balaban J connectivity index is 1.75. The molecule has 4 atom stereocenters. The molecule has 0 aliphatic carbocycles. The number of carboxylic acids is 1. The van der Waals surface area contributed by atoms with Crippen molar-refractivity contribution in [3.8, 4) is 5.75 Å². The van der Waals surface area contributed by atoms with E-state index in [4.69, 9.17) is 11.5 Å². The van der Waals surface area contributed by atoms with Crippen molar-refractivity contribution in [2.24, 2.45) is 11.5 Å². The van der Waals surface area contributed by atoms with Crippen LogP contribution in [0.2, 0.25) is 0 Å². The Morgan fingerprint density at radius 3 is 2.38 bits per heavy atom. The van der Waals surface area contributed by atoms with Crippen LogP contribution in [-0.4, -0.2) is 85.4 Å². The van der Waals surface area contributed by atoms with Gasteiger partial charge >= 0.3 is 5.97 Å². The lowest BCUT2D eigenvalue weighted by molar-refractivity contribution is -0.149. The van der Waals surface area contributed by atoms with Crippen LogP contribution in [0.4, 0.5) is 0 Å². The topological polar surface area (TPSA) is 234 Å². The molecule has 1 aliphatic rings. The second-order valence-corrected chi connectivity index (χ2v) is 9.41. The molecule has 4 amide bonds. The van der Waals surface area contributed by atoms with Crippen LogP contribution in [0, 0.1) is 0 Å². The number of primary amides is 1. The van der Waals surface area contributed by atoms with Crippen LogP contribution in [0.5, 0.6) is 5.75 Å². The van der Waals surface area contributed by atoms with E-state index >= 15 is 0 Å². The third-order valence-corrected chi connectivity index (χ3v) is 6.46. The fourth-order valence-electron chi connectivity index (χ4n) is 4.39. The summed E-state index contributed by atoms with van der Waals surface area (Å²) in [6.45, 7) is 0.221. The molecular formula is C25H33N7O7. The Morgan fingerprint density at radius 2 is 1.77 bits per heavy atom. The number of aromatic amines is 1. The van der Waals surface area contributed by atoms with Crippen molar-refractivity contribution in [1.82, 2.24) is 25.5 Å². The summed E-state index contributed by atoms with van der Waals surface area (Å²) in [6, 6.07) is 1.63. The number of aliphatic carboxylic acids is 1. The second kappa shape index (κ2) is 13.4. The maximum absolute atomic E-state index is 13.4. The molecule has 2 heterocycles. The zero-order valence-electron chi connectivity index (χ0n) is 21.2. The Morgan fingerprint density at radius 1 is 1.08 bits per heavy atom. The van der Waals surface area contributed by atoms with E-state index in [-0.39, 0.29) is 38.0 Å². The van der Waals surface area contributed by atoms with Gasteiger partial charge in [-0.05, 0) is 43.4 Å². The first-order valence-electron chi connectivity index (χ1n) is 12.5. The van der Waals surface area contributed by atoms with Gasteiger partial charge in [-0.25, -0.2) is 9.78 Å². The van der Waals surface area contributed by atoms with Crippen molar-refractivity contribution >= 4 is 29.6 Å². The Hall–Kier alpha value is -4.46. The summed E-state index contributed by atoms with van der Waals surface area (Å²) in [5.74, 6) is -3.79. The van der Waals surface area contributed by atoms with E-state index in [2.05, 4.69) is 20.6 Å². The number of phenols is 1. The number of nitrogens with one attached hydrogen (secondary N) is 3. The lowest BCUT2D eigenvalue weighted by Crippen LogP contribution is -2.58. The number of amides is 4. The van der Waals surface area contributed by atoms with Crippen LogP contribution in [0.25, 0.3) is 0 Å². The number of nitrogens with two attached hydrogens (primary N) is 2. The molecule has 39 heavy (non-hydrogen) atoms. The summed E-state index contributed by atoms with van der Waals surface area (Å²) in [7, 11) is 0. The SMILES string of the molecule is NC(=O)CCC(NC(=O)C(N)Cc1ccc(O)cc1)C(=O)NC(Cc1cnc[nH]1)C(=O)N1CCCC1C(=O)O. The molecule has 9 N–H and O–H groups in total. The lowest BCUT2D eigenvalue weighted by atomic mass is 10.0. The zero-order chi connectivity index (χ0) is 28.5. The quantitative estimate of drug-likeness (QED) is 0.156. The average Bonchev–Trinajstić information content (AvgIpc) is 3.59. The van der Waals surface area contributed by atoms with E-state index in [1.54, 1.807) is 12.1 Å². The van der Waals surface area contributed by atoms with E-state index in [1.807, 2.05) is 0 Å². The normalized spacial score (nSPS) is 17.2.